The van der Waals surface area contributed by atoms with Crippen molar-refractivity contribution in [3.8, 4) is 0 Å². The van der Waals surface area contributed by atoms with Gasteiger partial charge in [-0.15, -0.1) is 11.8 Å². The lowest BCUT2D eigenvalue weighted by molar-refractivity contribution is -0.144. The SMILES string of the molecule is CSc1ccc(C=CC(=O)OCC(=O)NC2CCCC2)cc1. The fourth-order valence-electron chi connectivity index (χ4n) is 2.40. The molecule has 0 radical (unpaired) electrons. The summed E-state index contributed by atoms with van der Waals surface area (Å²) in [5, 5.41) is 2.88. The molecule has 5 heteroatoms. The molecule has 1 N–H and O–H groups in total. The highest BCUT2D eigenvalue weighted by Crippen LogP contribution is 2.17. The molecule has 22 heavy (non-hydrogen) atoms. The summed E-state index contributed by atoms with van der Waals surface area (Å²) in [7, 11) is 0. The minimum atomic E-state index is -0.504. The van der Waals surface area contributed by atoms with Crippen molar-refractivity contribution in [2.45, 2.75) is 36.6 Å². The third-order valence-electron chi connectivity index (χ3n) is 3.59. The Labute approximate surface area is 135 Å². The molecule has 1 amide bonds. The van der Waals surface area contributed by atoms with Gasteiger partial charge in [0.15, 0.2) is 6.61 Å². The summed E-state index contributed by atoms with van der Waals surface area (Å²) in [6.45, 7) is -0.217. The summed E-state index contributed by atoms with van der Waals surface area (Å²) in [5.41, 5.74) is 0.921. The molecule has 0 heterocycles. The molecule has 118 valence electrons. The van der Waals surface area contributed by atoms with Crippen LogP contribution in [0.25, 0.3) is 6.08 Å². The standard InChI is InChI=1S/C17H21NO3S/c1-22-15-9-6-13(7-10-15)8-11-17(20)21-12-16(19)18-14-4-2-3-5-14/h6-11,14H,2-5,12H2,1H3,(H,18,19). The van der Waals surface area contributed by atoms with Gasteiger partial charge < -0.3 is 10.1 Å². The maximum absolute atomic E-state index is 11.6. The van der Waals surface area contributed by atoms with E-state index in [2.05, 4.69) is 5.32 Å². The van der Waals surface area contributed by atoms with E-state index in [0.717, 1.165) is 31.2 Å². The van der Waals surface area contributed by atoms with Gasteiger partial charge in [0.05, 0.1) is 0 Å². The normalized spacial score (nSPS) is 15.1. The molecular weight excluding hydrogens is 298 g/mol. The summed E-state index contributed by atoms with van der Waals surface area (Å²) in [5.74, 6) is -0.728. The van der Waals surface area contributed by atoms with Crippen molar-refractivity contribution in [3.63, 3.8) is 0 Å². The van der Waals surface area contributed by atoms with Gasteiger partial charge in [0.2, 0.25) is 0 Å². The summed E-state index contributed by atoms with van der Waals surface area (Å²) in [6, 6.07) is 8.09. The van der Waals surface area contributed by atoms with Gasteiger partial charge in [-0.1, -0.05) is 25.0 Å². The van der Waals surface area contributed by atoms with Crippen LogP contribution in [0.3, 0.4) is 0 Å². The topological polar surface area (TPSA) is 55.4 Å². The molecule has 2 rings (SSSR count). The lowest BCUT2D eigenvalue weighted by Gasteiger charge is -2.11. The Bertz CT molecular complexity index is 533. The fraction of sp³-hybridized carbons (Fsp3) is 0.412. The molecule has 0 saturated heterocycles. The third-order valence-corrected chi connectivity index (χ3v) is 4.34. The van der Waals surface area contributed by atoms with E-state index in [0.29, 0.717) is 0 Å². The first-order valence-corrected chi connectivity index (χ1v) is 8.68. The van der Waals surface area contributed by atoms with Gasteiger partial charge in [-0.05, 0) is 42.9 Å². The number of carbonyl (C=O) groups excluding carboxylic acids is 2. The minimum Gasteiger partial charge on any atom is -0.452 e. The Kier molecular flexibility index (Phi) is 6.52. The molecule has 1 saturated carbocycles. The number of ether oxygens (including phenoxy) is 1. The molecule has 1 aliphatic carbocycles. The lowest BCUT2D eigenvalue weighted by Crippen LogP contribution is -2.35. The van der Waals surface area contributed by atoms with Gasteiger partial charge in [0.25, 0.3) is 5.91 Å². The van der Waals surface area contributed by atoms with Crippen molar-refractivity contribution < 1.29 is 14.3 Å². The van der Waals surface area contributed by atoms with Crippen LogP contribution in [0.2, 0.25) is 0 Å². The van der Waals surface area contributed by atoms with Crippen LogP contribution in [0.4, 0.5) is 0 Å². The molecule has 0 atom stereocenters. The van der Waals surface area contributed by atoms with E-state index in [1.807, 2.05) is 30.5 Å². The first-order valence-electron chi connectivity index (χ1n) is 7.45. The predicted octanol–water partition coefficient (Wildman–Crippen LogP) is 3.02. The zero-order valence-electron chi connectivity index (χ0n) is 12.7. The first kappa shape index (κ1) is 16.6. The Balaban J connectivity index is 1.72. The minimum absolute atomic E-state index is 0.217. The Morgan fingerprint density at radius 1 is 1.27 bits per heavy atom. The van der Waals surface area contributed by atoms with E-state index >= 15 is 0 Å². The number of hydrogen-bond acceptors (Lipinski definition) is 4. The number of hydrogen-bond donors (Lipinski definition) is 1. The molecule has 1 aliphatic rings. The molecule has 0 aromatic heterocycles. The second kappa shape index (κ2) is 8.63. The number of rotatable bonds is 6. The van der Waals surface area contributed by atoms with Crippen LogP contribution < -0.4 is 5.32 Å². The second-order valence-corrected chi connectivity index (χ2v) is 6.14. The first-order chi connectivity index (χ1) is 10.7. The molecule has 0 aliphatic heterocycles. The van der Waals surface area contributed by atoms with Gasteiger partial charge in [0, 0.05) is 17.0 Å². The quantitative estimate of drug-likeness (QED) is 0.497. The molecule has 1 aromatic rings. The van der Waals surface area contributed by atoms with Crippen LogP contribution in [0, 0.1) is 0 Å². The van der Waals surface area contributed by atoms with E-state index in [4.69, 9.17) is 4.74 Å². The van der Waals surface area contributed by atoms with Crippen molar-refractivity contribution in [2.24, 2.45) is 0 Å². The summed E-state index contributed by atoms with van der Waals surface area (Å²) >= 11 is 1.67. The van der Waals surface area contributed by atoms with E-state index < -0.39 is 5.97 Å². The van der Waals surface area contributed by atoms with Crippen molar-refractivity contribution in [1.82, 2.24) is 5.32 Å². The number of thioether (sulfide) groups is 1. The number of esters is 1. The van der Waals surface area contributed by atoms with Gasteiger partial charge in [-0.3, -0.25) is 4.79 Å². The maximum atomic E-state index is 11.6. The fourth-order valence-corrected chi connectivity index (χ4v) is 2.81. The number of amides is 1. The molecule has 0 bridgehead atoms. The van der Waals surface area contributed by atoms with Gasteiger partial charge >= 0.3 is 5.97 Å². The maximum Gasteiger partial charge on any atom is 0.331 e. The van der Waals surface area contributed by atoms with Crippen LogP contribution >= 0.6 is 11.8 Å². The average molecular weight is 319 g/mol. The molecule has 1 fully saturated rings. The largest absolute Gasteiger partial charge is 0.452 e. The monoisotopic (exact) mass is 319 g/mol. The highest BCUT2D eigenvalue weighted by molar-refractivity contribution is 7.98. The molecule has 4 nitrogen and oxygen atoms in total. The van der Waals surface area contributed by atoms with E-state index in [9.17, 15) is 9.59 Å². The highest BCUT2D eigenvalue weighted by atomic mass is 32.2. The molecule has 0 unspecified atom stereocenters. The van der Waals surface area contributed by atoms with Crippen LogP contribution in [0.1, 0.15) is 31.2 Å². The Hall–Kier alpha value is -1.75. The van der Waals surface area contributed by atoms with E-state index in [1.54, 1.807) is 17.8 Å². The van der Waals surface area contributed by atoms with E-state index in [1.165, 1.54) is 11.0 Å². The van der Waals surface area contributed by atoms with Crippen LogP contribution in [0.5, 0.6) is 0 Å². The number of carbonyl (C=O) groups is 2. The van der Waals surface area contributed by atoms with Crippen LogP contribution in [0.15, 0.2) is 35.2 Å². The predicted molar refractivity (Wildman–Crippen MR) is 88.6 cm³/mol. The zero-order valence-corrected chi connectivity index (χ0v) is 13.5. The van der Waals surface area contributed by atoms with Crippen molar-refractivity contribution in [2.75, 3.05) is 12.9 Å². The summed E-state index contributed by atoms with van der Waals surface area (Å²) < 4.78 is 4.94. The lowest BCUT2D eigenvalue weighted by atomic mass is 10.2. The van der Waals surface area contributed by atoms with E-state index in [-0.39, 0.29) is 18.6 Å². The second-order valence-electron chi connectivity index (χ2n) is 5.26. The Morgan fingerprint density at radius 3 is 2.59 bits per heavy atom. The zero-order chi connectivity index (χ0) is 15.8. The average Bonchev–Trinajstić information content (AvgIpc) is 3.04. The van der Waals surface area contributed by atoms with Crippen molar-refractivity contribution in [1.29, 1.82) is 0 Å². The third kappa shape index (κ3) is 5.56. The smallest absolute Gasteiger partial charge is 0.331 e. The summed E-state index contributed by atoms with van der Waals surface area (Å²) in [4.78, 5) is 24.4. The van der Waals surface area contributed by atoms with Gasteiger partial charge in [0.1, 0.15) is 0 Å². The van der Waals surface area contributed by atoms with Gasteiger partial charge in [-0.25, -0.2) is 4.79 Å². The number of nitrogens with one attached hydrogen (secondary N) is 1. The van der Waals surface area contributed by atoms with Crippen molar-refractivity contribution >= 4 is 29.7 Å². The van der Waals surface area contributed by atoms with Gasteiger partial charge in [-0.2, -0.15) is 0 Å². The summed E-state index contributed by atoms with van der Waals surface area (Å²) in [6.07, 6.45) is 9.39. The molecule has 1 aromatic carbocycles. The number of benzene rings is 1. The van der Waals surface area contributed by atoms with Crippen LogP contribution in [-0.4, -0.2) is 30.8 Å². The molecule has 0 spiro atoms. The van der Waals surface area contributed by atoms with Crippen molar-refractivity contribution in [3.05, 3.63) is 35.9 Å². The molecular formula is C17H21NO3S. The Morgan fingerprint density at radius 2 is 1.95 bits per heavy atom. The highest BCUT2D eigenvalue weighted by Gasteiger charge is 2.17. The van der Waals surface area contributed by atoms with Crippen LogP contribution in [-0.2, 0) is 14.3 Å².